The standard InChI is InChI=1S/C29H34N2O9/c1-5-16(2)27(35)40-25-18(4)39-29(37)23(31-26(34)20-12-9-13-22(24(20)33)30-15-32)17(3)38-28(36)21(25)14-19-10-7-6-8-11-19/h6-13,15-18,21,23,25,33H,5,14H2,1-4H3,(H,30,32)(H,31,34)/t16?,17-,18+,21-,23+,25+/m1/s1. The average molecular weight is 555 g/mol. The SMILES string of the molecule is CCC(C)C(=O)O[C@H]1[C@H](C)OC(=O)[C@@H](NC(=O)c2cccc(NC=O)c2O)[C@@H](C)OC(=O)[C@@H]1Cc1ccccc1. The van der Waals surface area contributed by atoms with Crippen molar-refractivity contribution >= 4 is 35.9 Å². The molecule has 0 spiro atoms. The van der Waals surface area contributed by atoms with Crippen molar-refractivity contribution in [2.75, 3.05) is 5.32 Å². The fraction of sp³-hybridized carbons (Fsp3) is 0.414. The van der Waals surface area contributed by atoms with E-state index in [4.69, 9.17) is 14.2 Å². The molecule has 1 saturated heterocycles. The van der Waals surface area contributed by atoms with E-state index in [1.54, 1.807) is 6.92 Å². The van der Waals surface area contributed by atoms with E-state index >= 15 is 0 Å². The highest BCUT2D eigenvalue weighted by Gasteiger charge is 2.44. The Morgan fingerprint density at radius 2 is 1.70 bits per heavy atom. The zero-order valence-electron chi connectivity index (χ0n) is 22.8. The maximum Gasteiger partial charge on any atom is 0.332 e. The zero-order valence-corrected chi connectivity index (χ0v) is 22.8. The second-order valence-electron chi connectivity index (χ2n) is 9.71. The van der Waals surface area contributed by atoms with Gasteiger partial charge in [0.25, 0.3) is 5.91 Å². The topological polar surface area (TPSA) is 157 Å². The summed E-state index contributed by atoms with van der Waals surface area (Å²) in [7, 11) is 0. The Hall–Kier alpha value is -4.41. The molecule has 0 bridgehead atoms. The van der Waals surface area contributed by atoms with Gasteiger partial charge in [0.05, 0.1) is 17.2 Å². The highest BCUT2D eigenvalue weighted by Crippen LogP contribution is 2.29. The lowest BCUT2D eigenvalue weighted by molar-refractivity contribution is -0.177. The van der Waals surface area contributed by atoms with Crippen LogP contribution in [0.1, 0.15) is 50.0 Å². The molecule has 3 rings (SSSR count). The van der Waals surface area contributed by atoms with Crippen molar-refractivity contribution in [1.29, 1.82) is 0 Å². The number of phenols is 1. The van der Waals surface area contributed by atoms with Crippen LogP contribution in [0.2, 0.25) is 0 Å². The monoisotopic (exact) mass is 554 g/mol. The molecule has 2 aromatic carbocycles. The Morgan fingerprint density at radius 1 is 1.02 bits per heavy atom. The number of anilines is 1. The van der Waals surface area contributed by atoms with E-state index in [9.17, 15) is 29.1 Å². The van der Waals surface area contributed by atoms with Crippen LogP contribution in [0.25, 0.3) is 0 Å². The number of rotatable bonds is 9. The number of nitrogens with one attached hydrogen (secondary N) is 2. The first-order valence-corrected chi connectivity index (χ1v) is 13.1. The number of para-hydroxylation sites is 1. The van der Waals surface area contributed by atoms with E-state index in [1.807, 2.05) is 37.3 Å². The summed E-state index contributed by atoms with van der Waals surface area (Å²) in [6.45, 7) is 6.45. The number of cyclic esters (lactones) is 2. The lowest BCUT2D eigenvalue weighted by Crippen LogP contribution is -2.50. The van der Waals surface area contributed by atoms with Crippen molar-refractivity contribution in [2.24, 2.45) is 11.8 Å². The summed E-state index contributed by atoms with van der Waals surface area (Å²) in [6, 6.07) is 11.7. The van der Waals surface area contributed by atoms with Gasteiger partial charge < -0.3 is 30.0 Å². The molecule has 2 amide bonds. The summed E-state index contributed by atoms with van der Waals surface area (Å²) in [6.07, 6.45) is -2.42. The Bertz CT molecular complexity index is 1230. The molecule has 1 aliphatic rings. The third kappa shape index (κ3) is 7.16. The third-order valence-corrected chi connectivity index (χ3v) is 6.84. The number of ether oxygens (including phenoxy) is 3. The molecule has 2 aromatic rings. The quantitative estimate of drug-likeness (QED) is 0.183. The number of amides is 2. The minimum atomic E-state index is -1.46. The molecular formula is C29H34N2O9. The van der Waals surface area contributed by atoms with Crippen molar-refractivity contribution in [3.63, 3.8) is 0 Å². The molecule has 1 heterocycles. The van der Waals surface area contributed by atoms with Crippen molar-refractivity contribution in [1.82, 2.24) is 5.32 Å². The van der Waals surface area contributed by atoms with Crippen molar-refractivity contribution in [2.45, 2.75) is 64.9 Å². The van der Waals surface area contributed by atoms with Gasteiger partial charge in [0.2, 0.25) is 6.41 Å². The highest BCUT2D eigenvalue weighted by atomic mass is 16.6. The minimum absolute atomic E-state index is 0.0116. The summed E-state index contributed by atoms with van der Waals surface area (Å²) in [5.41, 5.74) is 0.541. The molecule has 1 unspecified atom stereocenters. The van der Waals surface area contributed by atoms with Crippen LogP contribution in [0.15, 0.2) is 48.5 Å². The number of benzene rings is 2. The van der Waals surface area contributed by atoms with Gasteiger partial charge in [0.1, 0.15) is 18.1 Å². The van der Waals surface area contributed by atoms with Crippen LogP contribution in [0.3, 0.4) is 0 Å². The van der Waals surface area contributed by atoms with E-state index < -0.39 is 65.8 Å². The van der Waals surface area contributed by atoms with Crippen LogP contribution < -0.4 is 10.6 Å². The predicted molar refractivity (Wildman–Crippen MR) is 143 cm³/mol. The first kappa shape index (κ1) is 30.1. The van der Waals surface area contributed by atoms with Crippen LogP contribution in [0, 0.1) is 11.8 Å². The molecule has 214 valence electrons. The Morgan fingerprint density at radius 3 is 2.35 bits per heavy atom. The molecular weight excluding hydrogens is 520 g/mol. The number of hydrogen-bond acceptors (Lipinski definition) is 9. The minimum Gasteiger partial charge on any atom is -0.505 e. The lowest BCUT2D eigenvalue weighted by atomic mass is 9.91. The van der Waals surface area contributed by atoms with Crippen molar-refractivity contribution < 1.29 is 43.3 Å². The number of aromatic hydroxyl groups is 1. The zero-order chi connectivity index (χ0) is 29.4. The summed E-state index contributed by atoms with van der Waals surface area (Å²) in [5, 5.41) is 15.1. The summed E-state index contributed by atoms with van der Waals surface area (Å²) in [5.74, 6) is -5.05. The average Bonchev–Trinajstić information content (AvgIpc) is 2.96. The molecule has 0 aromatic heterocycles. The van der Waals surface area contributed by atoms with Crippen LogP contribution in [0.5, 0.6) is 5.75 Å². The maximum atomic E-state index is 13.5. The van der Waals surface area contributed by atoms with E-state index in [0.29, 0.717) is 12.8 Å². The third-order valence-electron chi connectivity index (χ3n) is 6.84. The van der Waals surface area contributed by atoms with E-state index in [-0.39, 0.29) is 17.7 Å². The number of phenolic OH excluding ortho intramolecular Hbond substituents is 1. The van der Waals surface area contributed by atoms with Gasteiger partial charge >= 0.3 is 17.9 Å². The number of hydrogen-bond donors (Lipinski definition) is 3. The highest BCUT2D eigenvalue weighted by molar-refractivity contribution is 6.01. The van der Waals surface area contributed by atoms with Crippen LogP contribution >= 0.6 is 0 Å². The van der Waals surface area contributed by atoms with Crippen LogP contribution in [-0.2, 0) is 39.8 Å². The van der Waals surface area contributed by atoms with Crippen LogP contribution in [0.4, 0.5) is 5.69 Å². The molecule has 1 aliphatic heterocycles. The normalized spacial score (nSPS) is 23.8. The van der Waals surface area contributed by atoms with Gasteiger partial charge in [-0.3, -0.25) is 19.2 Å². The first-order chi connectivity index (χ1) is 19.1. The molecule has 11 nitrogen and oxygen atoms in total. The van der Waals surface area contributed by atoms with Gasteiger partial charge in [-0.1, -0.05) is 50.2 Å². The first-order valence-electron chi connectivity index (χ1n) is 13.1. The largest absolute Gasteiger partial charge is 0.505 e. The van der Waals surface area contributed by atoms with Crippen molar-refractivity contribution in [3.8, 4) is 5.75 Å². The second-order valence-corrected chi connectivity index (χ2v) is 9.71. The Balaban J connectivity index is 1.93. The van der Waals surface area contributed by atoms with E-state index in [1.165, 1.54) is 32.0 Å². The smallest absolute Gasteiger partial charge is 0.332 e. The summed E-state index contributed by atoms with van der Waals surface area (Å²) >= 11 is 0. The maximum absolute atomic E-state index is 13.5. The van der Waals surface area contributed by atoms with Gasteiger partial charge in [0.15, 0.2) is 17.9 Å². The lowest BCUT2D eigenvalue weighted by Gasteiger charge is -2.30. The van der Waals surface area contributed by atoms with Crippen molar-refractivity contribution in [3.05, 3.63) is 59.7 Å². The molecule has 40 heavy (non-hydrogen) atoms. The molecule has 11 heteroatoms. The van der Waals surface area contributed by atoms with Gasteiger partial charge in [-0.25, -0.2) is 4.79 Å². The van der Waals surface area contributed by atoms with Gasteiger partial charge in [-0.2, -0.15) is 0 Å². The Labute approximate surface area is 232 Å². The molecule has 1 fully saturated rings. The van der Waals surface area contributed by atoms with Gasteiger partial charge in [-0.15, -0.1) is 0 Å². The second kappa shape index (κ2) is 13.6. The molecule has 6 atom stereocenters. The predicted octanol–water partition coefficient (Wildman–Crippen LogP) is 2.75. The number of carbonyl (C=O) groups is 5. The summed E-state index contributed by atoms with van der Waals surface area (Å²) < 4.78 is 17.0. The molecule has 0 radical (unpaired) electrons. The van der Waals surface area contributed by atoms with E-state index in [0.717, 1.165) is 5.56 Å². The molecule has 0 saturated carbocycles. The molecule has 3 N–H and O–H groups in total. The van der Waals surface area contributed by atoms with E-state index in [2.05, 4.69) is 10.6 Å². The van der Waals surface area contributed by atoms with Gasteiger partial charge in [0, 0.05) is 0 Å². The Kier molecular flexibility index (Phi) is 10.2. The molecule has 0 aliphatic carbocycles. The van der Waals surface area contributed by atoms with Crippen LogP contribution in [-0.4, -0.2) is 59.7 Å². The fourth-order valence-electron chi connectivity index (χ4n) is 4.28. The van der Waals surface area contributed by atoms with Gasteiger partial charge in [-0.05, 0) is 44.4 Å². The summed E-state index contributed by atoms with van der Waals surface area (Å²) in [4.78, 5) is 63.4. The number of carbonyl (C=O) groups excluding carboxylic acids is 5. The number of esters is 3. The fourth-order valence-corrected chi connectivity index (χ4v) is 4.28.